The van der Waals surface area contributed by atoms with Gasteiger partial charge >= 0.3 is 0 Å². The Hall–Kier alpha value is -1.42. The molecule has 4 heteroatoms. The highest BCUT2D eigenvalue weighted by Crippen LogP contribution is 2.34. The number of nitrogens with one attached hydrogen (secondary N) is 1. The van der Waals surface area contributed by atoms with E-state index in [9.17, 15) is 0 Å². The van der Waals surface area contributed by atoms with Crippen LogP contribution >= 0.6 is 0 Å². The van der Waals surface area contributed by atoms with Crippen LogP contribution in [-0.4, -0.2) is 20.3 Å². The van der Waals surface area contributed by atoms with Crippen LogP contribution < -0.4 is 5.32 Å². The van der Waals surface area contributed by atoms with Gasteiger partial charge in [0.05, 0.1) is 5.69 Å². The normalized spacial score (nSPS) is 17.6. The molecule has 0 saturated heterocycles. The van der Waals surface area contributed by atoms with E-state index in [2.05, 4.69) is 28.4 Å². The Balaban J connectivity index is 1.80. The monoisotopic (exact) mass is 258 g/mol. The molecule has 0 aliphatic heterocycles. The van der Waals surface area contributed by atoms with E-state index in [-0.39, 0.29) is 0 Å². The second-order valence-electron chi connectivity index (χ2n) is 5.76. The number of aromatic nitrogens is 3. The molecule has 19 heavy (non-hydrogen) atoms. The third kappa shape index (κ3) is 2.14. The summed E-state index contributed by atoms with van der Waals surface area (Å²) in [7, 11) is 1.95. The summed E-state index contributed by atoms with van der Waals surface area (Å²) in [4.78, 5) is 4.53. The number of hydrogen-bond acceptors (Lipinski definition) is 3. The molecule has 1 N–H and O–H groups in total. The lowest BCUT2D eigenvalue weighted by molar-refractivity contribution is 0.175. The summed E-state index contributed by atoms with van der Waals surface area (Å²) in [6, 6.07) is 2.22. The molecule has 1 aliphatic rings. The Kier molecular flexibility index (Phi) is 3.05. The Labute approximate surface area is 114 Å². The molecule has 1 aliphatic carbocycles. The maximum atomic E-state index is 4.53. The van der Waals surface area contributed by atoms with Gasteiger partial charge in [0.2, 0.25) is 0 Å². The van der Waals surface area contributed by atoms with Gasteiger partial charge in [-0.05, 0) is 44.2 Å². The topological polar surface area (TPSA) is 42.7 Å². The Morgan fingerprint density at radius 2 is 2.21 bits per heavy atom. The van der Waals surface area contributed by atoms with Gasteiger partial charge in [-0.25, -0.2) is 4.98 Å². The smallest absolute Gasteiger partial charge is 0.157 e. The van der Waals surface area contributed by atoms with Crippen LogP contribution in [0.2, 0.25) is 0 Å². The number of hydrogen-bond donors (Lipinski definition) is 1. The summed E-state index contributed by atoms with van der Waals surface area (Å²) in [5, 5.41) is 9.31. The number of nitrogens with zero attached hydrogens (tertiary/aromatic N) is 3. The average molecular weight is 258 g/mol. The highest BCUT2D eigenvalue weighted by atomic mass is 15.3. The van der Waals surface area contributed by atoms with Crippen LogP contribution in [0.15, 0.2) is 12.3 Å². The highest BCUT2D eigenvalue weighted by molar-refractivity contribution is 5.78. The van der Waals surface area contributed by atoms with Gasteiger partial charge in [-0.3, -0.25) is 4.68 Å². The van der Waals surface area contributed by atoms with E-state index in [1.165, 1.54) is 36.6 Å². The second-order valence-corrected chi connectivity index (χ2v) is 5.76. The van der Waals surface area contributed by atoms with Crippen molar-refractivity contribution in [2.75, 3.05) is 0 Å². The Bertz CT molecular complexity index is 590. The molecule has 0 atom stereocenters. The second kappa shape index (κ2) is 4.60. The zero-order valence-corrected chi connectivity index (χ0v) is 12.0. The van der Waals surface area contributed by atoms with Crippen LogP contribution in [0.3, 0.4) is 0 Å². The van der Waals surface area contributed by atoms with E-state index in [1.54, 1.807) is 0 Å². The first-order chi connectivity index (χ1) is 9.13. The third-order valence-corrected chi connectivity index (χ3v) is 4.57. The summed E-state index contributed by atoms with van der Waals surface area (Å²) >= 11 is 0. The fourth-order valence-electron chi connectivity index (χ4n) is 3.00. The van der Waals surface area contributed by atoms with Gasteiger partial charge in [-0.1, -0.05) is 6.92 Å². The SMILES string of the molecule is CCC1(NCc2cnc3c(c2)c(C)nn3C)CCC1. The van der Waals surface area contributed by atoms with E-state index in [1.807, 2.05) is 24.9 Å². The standard InChI is InChI=1S/C15H22N4/c1-4-15(6-5-7-15)17-10-12-8-13-11(2)18-19(3)14(13)16-9-12/h8-9,17H,4-7,10H2,1-3H3. The molecule has 102 valence electrons. The van der Waals surface area contributed by atoms with Gasteiger partial charge in [0.25, 0.3) is 0 Å². The van der Waals surface area contributed by atoms with Crippen molar-refractivity contribution in [3.05, 3.63) is 23.5 Å². The molecule has 0 amide bonds. The maximum Gasteiger partial charge on any atom is 0.157 e. The lowest BCUT2D eigenvalue weighted by Gasteiger charge is -2.42. The van der Waals surface area contributed by atoms with Crippen LogP contribution in [0.1, 0.15) is 43.9 Å². The predicted molar refractivity (Wildman–Crippen MR) is 77.0 cm³/mol. The van der Waals surface area contributed by atoms with Crippen molar-refractivity contribution in [3.8, 4) is 0 Å². The average Bonchev–Trinajstić information content (AvgIpc) is 2.64. The summed E-state index contributed by atoms with van der Waals surface area (Å²) in [6.07, 6.45) is 7.17. The molecule has 1 fully saturated rings. The first-order valence-electron chi connectivity index (χ1n) is 7.17. The first kappa shape index (κ1) is 12.6. The van der Waals surface area contributed by atoms with Crippen LogP contribution in [-0.2, 0) is 13.6 Å². The number of rotatable bonds is 4. The molecule has 2 heterocycles. The quantitative estimate of drug-likeness (QED) is 0.917. The predicted octanol–water partition coefficient (Wildman–Crippen LogP) is 2.70. The first-order valence-corrected chi connectivity index (χ1v) is 7.17. The number of fused-ring (bicyclic) bond motifs is 1. The maximum absolute atomic E-state index is 4.53. The zero-order valence-electron chi connectivity index (χ0n) is 12.0. The molecule has 0 radical (unpaired) electrons. The number of aryl methyl sites for hydroxylation is 2. The molecule has 1 saturated carbocycles. The minimum absolute atomic E-state index is 0.388. The van der Waals surface area contributed by atoms with Gasteiger partial charge < -0.3 is 5.32 Å². The largest absolute Gasteiger partial charge is 0.307 e. The minimum atomic E-state index is 0.388. The van der Waals surface area contributed by atoms with Crippen molar-refractivity contribution in [2.24, 2.45) is 7.05 Å². The van der Waals surface area contributed by atoms with Crippen molar-refractivity contribution in [2.45, 2.75) is 51.6 Å². The van der Waals surface area contributed by atoms with Gasteiger partial charge in [0.1, 0.15) is 0 Å². The van der Waals surface area contributed by atoms with Gasteiger partial charge in [-0.2, -0.15) is 5.10 Å². The lowest BCUT2D eigenvalue weighted by atomic mass is 9.75. The van der Waals surface area contributed by atoms with Gasteiger partial charge in [0, 0.05) is 30.7 Å². The Morgan fingerprint density at radius 3 is 2.84 bits per heavy atom. The van der Waals surface area contributed by atoms with E-state index in [0.717, 1.165) is 17.9 Å². The minimum Gasteiger partial charge on any atom is -0.307 e. The lowest BCUT2D eigenvalue weighted by Crippen LogP contribution is -2.49. The molecule has 2 aromatic heterocycles. The van der Waals surface area contributed by atoms with Crippen molar-refractivity contribution >= 4 is 11.0 Å². The molecule has 0 bridgehead atoms. The summed E-state index contributed by atoms with van der Waals surface area (Å²) in [5.74, 6) is 0. The molecule has 0 aromatic carbocycles. The molecule has 3 rings (SSSR count). The van der Waals surface area contributed by atoms with Crippen LogP contribution in [0.5, 0.6) is 0 Å². The van der Waals surface area contributed by atoms with E-state index in [4.69, 9.17) is 0 Å². The van der Waals surface area contributed by atoms with Crippen LogP contribution in [0, 0.1) is 6.92 Å². The van der Waals surface area contributed by atoms with Crippen molar-refractivity contribution in [1.82, 2.24) is 20.1 Å². The van der Waals surface area contributed by atoms with Crippen molar-refractivity contribution < 1.29 is 0 Å². The molecule has 2 aromatic rings. The van der Waals surface area contributed by atoms with E-state index >= 15 is 0 Å². The van der Waals surface area contributed by atoms with Crippen LogP contribution in [0.4, 0.5) is 0 Å². The number of pyridine rings is 1. The van der Waals surface area contributed by atoms with Gasteiger partial charge in [-0.15, -0.1) is 0 Å². The molecular formula is C15H22N4. The molecule has 4 nitrogen and oxygen atoms in total. The molecule has 0 unspecified atom stereocenters. The van der Waals surface area contributed by atoms with Gasteiger partial charge in [0.15, 0.2) is 5.65 Å². The highest BCUT2D eigenvalue weighted by Gasteiger charge is 2.34. The van der Waals surface area contributed by atoms with Crippen molar-refractivity contribution in [3.63, 3.8) is 0 Å². The third-order valence-electron chi connectivity index (χ3n) is 4.57. The Morgan fingerprint density at radius 1 is 1.42 bits per heavy atom. The fourth-order valence-corrected chi connectivity index (χ4v) is 3.00. The van der Waals surface area contributed by atoms with E-state index in [0.29, 0.717) is 5.54 Å². The molecule has 0 spiro atoms. The summed E-state index contributed by atoms with van der Waals surface area (Å²) in [5.41, 5.74) is 3.66. The van der Waals surface area contributed by atoms with Crippen molar-refractivity contribution in [1.29, 1.82) is 0 Å². The fraction of sp³-hybridized carbons (Fsp3) is 0.600. The summed E-state index contributed by atoms with van der Waals surface area (Å²) < 4.78 is 1.85. The summed E-state index contributed by atoms with van der Waals surface area (Å²) in [6.45, 7) is 5.23. The zero-order chi connectivity index (χ0) is 13.5. The van der Waals surface area contributed by atoms with Crippen LogP contribution in [0.25, 0.3) is 11.0 Å². The van der Waals surface area contributed by atoms with E-state index < -0.39 is 0 Å². The molecular weight excluding hydrogens is 236 g/mol.